The number of aromatic nitrogens is 3. The summed E-state index contributed by atoms with van der Waals surface area (Å²) in [5.41, 5.74) is 1.82. The maximum absolute atomic E-state index is 9.29. The van der Waals surface area contributed by atoms with Gasteiger partial charge in [0.15, 0.2) is 0 Å². The van der Waals surface area contributed by atoms with Gasteiger partial charge in [-0.2, -0.15) is 4.98 Å². The molecule has 0 spiro atoms. The van der Waals surface area contributed by atoms with Gasteiger partial charge in [-0.25, -0.2) is 4.98 Å². The highest BCUT2D eigenvalue weighted by molar-refractivity contribution is 5.63. The van der Waals surface area contributed by atoms with E-state index in [0.717, 1.165) is 49.0 Å². The minimum atomic E-state index is -0.106. The van der Waals surface area contributed by atoms with Crippen LogP contribution in [0.1, 0.15) is 26.2 Å². The predicted molar refractivity (Wildman–Crippen MR) is 104 cm³/mol. The molecule has 0 bridgehead atoms. The minimum Gasteiger partial charge on any atom is -0.394 e. The molecule has 2 aromatic rings. The first-order valence-electron chi connectivity index (χ1n) is 9.36. The number of piperidine rings is 1. The van der Waals surface area contributed by atoms with Gasteiger partial charge in [0.05, 0.1) is 12.3 Å². The molecule has 0 aromatic carbocycles. The molecule has 1 aliphatic rings. The number of nitrogens with zero attached hydrogens (tertiary/aromatic N) is 3. The smallest absolute Gasteiger partial charge is 0.225 e. The number of aliphatic hydroxyl groups is 1. The van der Waals surface area contributed by atoms with Gasteiger partial charge in [0.25, 0.3) is 0 Å². The Morgan fingerprint density at radius 1 is 1.23 bits per heavy atom. The molecule has 1 atom stereocenters. The average molecular weight is 356 g/mol. The van der Waals surface area contributed by atoms with Gasteiger partial charge in [0.1, 0.15) is 5.82 Å². The van der Waals surface area contributed by atoms with Crippen LogP contribution in [0.25, 0.3) is 11.3 Å². The predicted octanol–water partition coefficient (Wildman–Crippen LogP) is 2.13. The fourth-order valence-corrected chi connectivity index (χ4v) is 3.11. The first-order chi connectivity index (χ1) is 12.7. The summed E-state index contributed by atoms with van der Waals surface area (Å²) >= 11 is 0. The van der Waals surface area contributed by atoms with Crippen LogP contribution in [0.4, 0.5) is 11.8 Å². The highest BCUT2D eigenvalue weighted by Crippen LogP contribution is 2.22. The fraction of sp³-hybridized carbons (Fsp3) is 0.526. The lowest BCUT2D eigenvalue weighted by Crippen LogP contribution is -2.28. The summed E-state index contributed by atoms with van der Waals surface area (Å²) in [5, 5.41) is 19.3. The van der Waals surface area contributed by atoms with Gasteiger partial charge in [-0.15, -0.1) is 0 Å². The van der Waals surface area contributed by atoms with Crippen molar-refractivity contribution in [3.63, 3.8) is 0 Å². The SMILES string of the molecule is C[C@@H](CO)Nc1nc(NCCC2CCNCC2)cc(-c2ccncc2)n1. The molecule has 0 aliphatic carbocycles. The molecule has 7 heteroatoms. The maximum Gasteiger partial charge on any atom is 0.225 e. The van der Waals surface area contributed by atoms with E-state index >= 15 is 0 Å². The van der Waals surface area contributed by atoms with Crippen LogP contribution < -0.4 is 16.0 Å². The topological polar surface area (TPSA) is 95.0 Å². The third kappa shape index (κ3) is 5.37. The minimum absolute atomic E-state index is 0.0291. The van der Waals surface area contributed by atoms with Crippen LogP contribution in [0.15, 0.2) is 30.6 Å². The van der Waals surface area contributed by atoms with Gasteiger partial charge < -0.3 is 21.1 Å². The Morgan fingerprint density at radius 3 is 2.73 bits per heavy atom. The Balaban J connectivity index is 1.71. The zero-order chi connectivity index (χ0) is 18.2. The van der Waals surface area contributed by atoms with Gasteiger partial charge in [0.2, 0.25) is 5.95 Å². The zero-order valence-corrected chi connectivity index (χ0v) is 15.3. The van der Waals surface area contributed by atoms with Crippen LogP contribution in [0, 0.1) is 5.92 Å². The number of anilines is 2. The molecule has 4 N–H and O–H groups in total. The van der Waals surface area contributed by atoms with Gasteiger partial charge >= 0.3 is 0 Å². The molecule has 1 fully saturated rings. The molecule has 140 valence electrons. The lowest BCUT2D eigenvalue weighted by molar-refractivity contribution is 0.281. The van der Waals surface area contributed by atoms with Crippen molar-refractivity contribution < 1.29 is 5.11 Å². The first-order valence-corrected chi connectivity index (χ1v) is 9.36. The summed E-state index contributed by atoms with van der Waals surface area (Å²) in [6, 6.07) is 5.72. The third-order valence-corrected chi connectivity index (χ3v) is 4.67. The number of hydrogen-bond donors (Lipinski definition) is 4. The van der Waals surface area contributed by atoms with E-state index in [9.17, 15) is 5.11 Å². The van der Waals surface area contributed by atoms with Crippen LogP contribution in [0.2, 0.25) is 0 Å². The van der Waals surface area contributed by atoms with Gasteiger partial charge in [0, 0.05) is 36.6 Å². The molecule has 0 radical (unpaired) electrons. The van der Waals surface area contributed by atoms with Crippen LogP contribution >= 0.6 is 0 Å². The standard InChI is InChI=1S/C19H28N6O/c1-14(13-26)23-19-24-17(16-5-9-21-10-6-16)12-18(25-19)22-11-4-15-2-7-20-8-3-15/h5-6,9-10,12,14-15,20,26H,2-4,7-8,11,13H2,1H3,(H2,22,23,24,25)/t14-/m0/s1. The van der Waals surface area contributed by atoms with E-state index < -0.39 is 0 Å². The molecule has 0 amide bonds. The second kappa shape index (κ2) is 9.45. The van der Waals surface area contributed by atoms with Crippen LogP contribution in [0.5, 0.6) is 0 Å². The lowest BCUT2D eigenvalue weighted by Gasteiger charge is -2.22. The summed E-state index contributed by atoms with van der Waals surface area (Å²) < 4.78 is 0. The Bertz CT molecular complexity index is 675. The van der Waals surface area contributed by atoms with Crippen molar-refractivity contribution in [3.05, 3.63) is 30.6 Å². The Kier molecular flexibility index (Phi) is 6.74. The second-order valence-electron chi connectivity index (χ2n) is 6.83. The number of hydrogen-bond acceptors (Lipinski definition) is 7. The fourth-order valence-electron chi connectivity index (χ4n) is 3.11. The van der Waals surface area contributed by atoms with Crippen molar-refractivity contribution in [2.24, 2.45) is 5.92 Å². The third-order valence-electron chi connectivity index (χ3n) is 4.67. The summed E-state index contributed by atoms with van der Waals surface area (Å²) in [6.07, 6.45) is 7.14. The number of rotatable bonds is 8. The van der Waals surface area contributed by atoms with E-state index in [2.05, 4.69) is 30.9 Å². The molecule has 26 heavy (non-hydrogen) atoms. The lowest BCUT2D eigenvalue weighted by atomic mass is 9.95. The van der Waals surface area contributed by atoms with E-state index in [-0.39, 0.29) is 12.6 Å². The monoisotopic (exact) mass is 356 g/mol. The van der Waals surface area contributed by atoms with Crippen molar-refractivity contribution in [2.75, 3.05) is 36.9 Å². The first kappa shape index (κ1) is 18.5. The quantitative estimate of drug-likeness (QED) is 0.575. The van der Waals surface area contributed by atoms with Crippen molar-refractivity contribution in [2.45, 2.75) is 32.2 Å². The largest absolute Gasteiger partial charge is 0.394 e. The molecule has 3 rings (SSSR count). The van der Waals surface area contributed by atoms with E-state index in [0.29, 0.717) is 5.95 Å². The van der Waals surface area contributed by atoms with Crippen molar-refractivity contribution >= 4 is 11.8 Å². The molecule has 1 aliphatic heterocycles. The van der Waals surface area contributed by atoms with Crippen LogP contribution in [-0.2, 0) is 0 Å². The van der Waals surface area contributed by atoms with Crippen molar-refractivity contribution in [1.82, 2.24) is 20.3 Å². The van der Waals surface area contributed by atoms with Crippen LogP contribution in [0.3, 0.4) is 0 Å². The number of aliphatic hydroxyl groups excluding tert-OH is 1. The summed E-state index contributed by atoms with van der Waals surface area (Å²) in [5.74, 6) is 2.09. The summed E-state index contributed by atoms with van der Waals surface area (Å²) in [6.45, 7) is 5.06. The van der Waals surface area contributed by atoms with Crippen LogP contribution in [-0.4, -0.2) is 52.3 Å². The molecular weight excluding hydrogens is 328 g/mol. The van der Waals surface area contributed by atoms with E-state index in [1.807, 2.05) is 25.1 Å². The Hall–Kier alpha value is -2.25. The molecule has 3 heterocycles. The van der Waals surface area contributed by atoms with Crippen molar-refractivity contribution in [3.8, 4) is 11.3 Å². The molecule has 2 aromatic heterocycles. The zero-order valence-electron chi connectivity index (χ0n) is 15.3. The molecular formula is C19H28N6O. The Morgan fingerprint density at radius 2 is 2.00 bits per heavy atom. The highest BCUT2D eigenvalue weighted by atomic mass is 16.3. The molecule has 0 saturated carbocycles. The Labute approximate surface area is 154 Å². The summed E-state index contributed by atoms with van der Waals surface area (Å²) in [4.78, 5) is 13.2. The number of pyridine rings is 1. The van der Waals surface area contributed by atoms with Crippen molar-refractivity contribution in [1.29, 1.82) is 0 Å². The average Bonchev–Trinajstić information content (AvgIpc) is 2.69. The summed E-state index contributed by atoms with van der Waals surface area (Å²) in [7, 11) is 0. The highest BCUT2D eigenvalue weighted by Gasteiger charge is 2.13. The number of nitrogens with one attached hydrogen (secondary N) is 3. The normalized spacial score (nSPS) is 16.2. The van der Waals surface area contributed by atoms with E-state index in [1.54, 1.807) is 12.4 Å². The second-order valence-corrected chi connectivity index (χ2v) is 6.83. The molecule has 1 saturated heterocycles. The van der Waals surface area contributed by atoms with Gasteiger partial charge in [-0.05, 0) is 57.3 Å². The van der Waals surface area contributed by atoms with Gasteiger partial charge in [-0.3, -0.25) is 4.98 Å². The van der Waals surface area contributed by atoms with E-state index in [1.165, 1.54) is 12.8 Å². The molecule has 7 nitrogen and oxygen atoms in total. The molecule has 0 unspecified atom stereocenters. The maximum atomic E-state index is 9.29. The van der Waals surface area contributed by atoms with E-state index in [4.69, 9.17) is 0 Å². The van der Waals surface area contributed by atoms with Gasteiger partial charge in [-0.1, -0.05) is 0 Å².